The molecule has 2 aromatic rings. The van der Waals surface area contributed by atoms with Crippen LogP contribution < -0.4 is 5.73 Å². The van der Waals surface area contributed by atoms with Gasteiger partial charge in [-0.3, -0.25) is 4.68 Å². The van der Waals surface area contributed by atoms with Crippen LogP contribution >= 0.6 is 23.1 Å². The molecule has 2 rings (SSSR count). The monoisotopic (exact) mass is 214 g/mol. The zero-order valence-electron chi connectivity index (χ0n) is 6.64. The van der Waals surface area contributed by atoms with Crippen molar-refractivity contribution in [2.75, 3.05) is 5.73 Å². The summed E-state index contributed by atoms with van der Waals surface area (Å²) < 4.78 is 5.68. The van der Waals surface area contributed by atoms with E-state index in [2.05, 4.69) is 9.47 Å². The van der Waals surface area contributed by atoms with Crippen molar-refractivity contribution in [3.05, 3.63) is 28.4 Å². The van der Waals surface area contributed by atoms with Crippen LogP contribution in [0, 0.1) is 0 Å². The molecule has 0 saturated heterocycles. The molecule has 4 nitrogen and oxygen atoms in total. The number of halogens is 1. The number of anilines is 1. The zero-order chi connectivity index (χ0) is 9.26. The second kappa shape index (κ2) is 3.35. The van der Waals surface area contributed by atoms with Crippen LogP contribution in [-0.2, 0) is 6.54 Å². The average Bonchev–Trinajstić information content (AvgIpc) is 2.64. The average molecular weight is 215 g/mol. The quantitative estimate of drug-likeness (QED) is 0.827. The van der Waals surface area contributed by atoms with Crippen LogP contribution in [0.3, 0.4) is 0 Å². The Bertz CT molecular complexity index is 375. The molecule has 68 valence electrons. The van der Waals surface area contributed by atoms with E-state index in [0.29, 0.717) is 17.4 Å². The van der Waals surface area contributed by atoms with Gasteiger partial charge < -0.3 is 5.73 Å². The standard InChI is InChI=1S/C7H7ClN4S/c8-6-4-12(11-7(6)9)3-5-1-2-10-13-5/h1-2,4H,3H2,(H2,9,11). The van der Waals surface area contributed by atoms with E-state index in [9.17, 15) is 0 Å². The number of nitrogens with two attached hydrogens (primary N) is 1. The van der Waals surface area contributed by atoms with E-state index < -0.39 is 0 Å². The van der Waals surface area contributed by atoms with Gasteiger partial charge in [0.1, 0.15) is 5.02 Å². The molecule has 0 saturated carbocycles. The highest BCUT2D eigenvalue weighted by atomic mass is 35.5. The van der Waals surface area contributed by atoms with Crippen molar-refractivity contribution in [3.8, 4) is 0 Å². The summed E-state index contributed by atoms with van der Waals surface area (Å²) in [6.45, 7) is 0.668. The molecule has 0 unspecified atom stereocenters. The van der Waals surface area contributed by atoms with Gasteiger partial charge in [-0.05, 0) is 17.6 Å². The molecule has 13 heavy (non-hydrogen) atoms. The topological polar surface area (TPSA) is 56.7 Å². The summed E-state index contributed by atoms with van der Waals surface area (Å²) in [5, 5.41) is 4.52. The number of hydrogen-bond acceptors (Lipinski definition) is 4. The zero-order valence-corrected chi connectivity index (χ0v) is 8.22. The van der Waals surface area contributed by atoms with Crippen molar-refractivity contribution in [2.45, 2.75) is 6.54 Å². The lowest BCUT2D eigenvalue weighted by Crippen LogP contribution is -1.99. The Hall–Kier alpha value is -1.07. The van der Waals surface area contributed by atoms with E-state index in [1.165, 1.54) is 11.5 Å². The van der Waals surface area contributed by atoms with Gasteiger partial charge in [0.15, 0.2) is 5.82 Å². The number of aromatic nitrogens is 3. The minimum absolute atomic E-state index is 0.367. The van der Waals surface area contributed by atoms with Crippen molar-refractivity contribution >= 4 is 29.0 Å². The van der Waals surface area contributed by atoms with Crippen LogP contribution in [0.25, 0.3) is 0 Å². The second-order valence-electron chi connectivity index (χ2n) is 2.54. The van der Waals surface area contributed by atoms with Crippen LogP contribution in [0.15, 0.2) is 18.5 Å². The van der Waals surface area contributed by atoms with Crippen LogP contribution in [0.1, 0.15) is 4.88 Å². The predicted octanol–water partition coefficient (Wildman–Crippen LogP) is 1.62. The smallest absolute Gasteiger partial charge is 0.164 e. The minimum atomic E-state index is 0.367. The number of nitrogens with zero attached hydrogens (tertiary/aromatic N) is 3. The van der Waals surface area contributed by atoms with Crippen molar-refractivity contribution < 1.29 is 0 Å². The lowest BCUT2D eigenvalue weighted by molar-refractivity contribution is 0.698. The molecule has 2 aromatic heterocycles. The van der Waals surface area contributed by atoms with Crippen LogP contribution in [0.2, 0.25) is 5.02 Å². The molecule has 0 spiro atoms. The molecule has 6 heteroatoms. The maximum absolute atomic E-state index is 5.75. The summed E-state index contributed by atoms with van der Waals surface area (Å²) in [6, 6.07) is 1.94. The highest BCUT2D eigenvalue weighted by molar-refractivity contribution is 7.05. The summed E-state index contributed by atoms with van der Waals surface area (Å²) in [5.41, 5.74) is 5.49. The highest BCUT2D eigenvalue weighted by Crippen LogP contribution is 2.16. The molecule has 2 heterocycles. The molecule has 0 radical (unpaired) electrons. The van der Waals surface area contributed by atoms with E-state index in [1.54, 1.807) is 17.1 Å². The first-order chi connectivity index (χ1) is 6.25. The van der Waals surface area contributed by atoms with Crippen molar-refractivity contribution in [2.24, 2.45) is 0 Å². The van der Waals surface area contributed by atoms with E-state index in [-0.39, 0.29) is 0 Å². The van der Waals surface area contributed by atoms with E-state index in [1.807, 2.05) is 6.07 Å². The number of hydrogen-bond donors (Lipinski definition) is 1. The van der Waals surface area contributed by atoms with Crippen LogP contribution in [-0.4, -0.2) is 14.2 Å². The third-order valence-corrected chi connectivity index (χ3v) is 2.57. The third-order valence-electron chi connectivity index (χ3n) is 1.55. The van der Waals surface area contributed by atoms with Gasteiger partial charge in [-0.1, -0.05) is 11.6 Å². The Morgan fingerprint density at radius 2 is 2.46 bits per heavy atom. The van der Waals surface area contributed by atoms with Gasteiger partial charge in [-0.15, -0.1) is 0 Å². The molecule has 0 atom stereocenters. The Balaban J connectivity index is 2.19. The fourth-order valence-electron chi connectivity index (χ4n) is 0.976. The molecule has 0 fully saturated rings. The molecule has 0 bridgehead atoms. The summed E-state index contributed by atoms with van der Waals surface area (Å²) >= 11 is 7.19. The Morgan fingerprint density at radius 3 is 3.00 bits per heavy atom. The maximum atomic E-state index is 5.75. The lowest BCUT2D eigenvalue weighted by Gasteiger charge is -1.95. The fraction of sp³-hybridized carbons (Fsp3) is 0.143. The normalized spacial score (nSPS) is 10.5. The van der Waals surface area contributed by atoms with Gasteiger partial charge in [0, 0.05) is 17.3 Å². The Labute approximate surface area is 84.1 Å². The number of rotatable bonds is 2. The molecule has 0 aromatic carbocycles. The fourth-order valence-corrected chi connectivity index (χ4v) is 1.70. The minimum Gasteiger partial charge on any atom is -0.381 e. The molecular formula is C7H7ClN4S. The highest BCUT2D eigenvalue weighted by Gasteiger charge is 2.03. The molecule has 0 aliphatic carbocycles. The third kappa shape index (κ3) is 1.81. The van der Waals surface area contributed by atoms with Crippen LogP contribution in [0.4, 0.5) is 5.82 Å². The summed E-state index contributed by atoms with van der Waals surface area (Å²) in [7, 11) is 0. The summed E-state index contributed by atoms with van der Waals surface area (Å²) in [6.07, 6.45) is 3.46. The van der Waals surface area contributed by atoms with Gasteiger partial charge in [-0.25, -0.2) is 4.37 Å². The van der Waals surface area contributed by atoms with Gasteiger partial charge in [-0.2, -0.15) is 5.10 Å². The van der Waals surface area contributed by atoms with E-state index in [0.717, 1.165) is 4.88 Å². The molecular weight excluding hydrogens is 208 g/mol. The second-order valence-corrected chi connectivity index (χ2v) is 3.86. The van der Waals surface area contributed by atoms with Crippen molar-refractivity contribution in [1.29, 1.82) is 0 Å². The largest absolute Gasteiger partial charge is 0.381 e. The molecule has 0 aliphatic rings. The lowest BCUT2D eigenvalue weighted by atomic mass is 10.5. The summed E-state index contributed by atoms with van der Waals surface area (Å²) in [4.78, 5) is 1.12. The van der Waals surface area contributed by atoms with Gasteiger partial charge in [0.2, 0.25) is 0 Å². The van der Waals surface area contributed by atoms with E-state index in [4.69, 9.17) is 17.3 Å². The SMILES string of the molecule is Nc1nn(Cc2ccns2)cc1Cl. The Kier molecular flexibility index (Phi) is 2.20. The maximum Gasteiger partial charge on any atom is 0.164 e. The van der Waals surface area contributed by atoms with Gasteiger partial charge >= 0.3 is 0 Å². The molecule has 2 N–H and O–H groups in total. The van der Waals surface area contributed by atoms with Crippen molar-refractivity contribution in [3.63, 3.8) is 0 Å². The Morgan fingerprint density at radius 1 is 1.62 bits per heavy atom. The van der Waals surface area contributed by atoms with Gasteiger partial charge in [0.05, 0.1) is 6.54 Å². The predicted molar refractivity (Wildman–Crippen MR) is 52.9 cm³/mol. The van der Waals surface area contributed by atoms with E-state index >= 15 is 0 Å². The van der Waals surface area contributed by atoms with Crippen molar-refractivity contribution in [1.82, 2.24) is 14.2 Å². The first kappa shape index (κ1) is 8.52. The van der Waals surface area contributed by atoms with Gasteiger partial charge in [0.25, 0.3) is 0 Å². The molecule has 0 amide bonds. The van der Waals surface area contributed by atoms with Crippen LogP contribution in [0.5, 0.6) is 0 Å². The molecule has 0 aliphatic heterocycles. The summed E-state index contributed by atoms with van der Waals surface area (Å²) in [5.74, 6) is 0.367. The first-order valence-corrected chi connectivity index (χ1v) is 4.79. The number of nitrogen functional groups attached to an aromatic ring is 1. The first-order valence-electron chi connectivity index (χ1n) is 3.63.